The first-order chi connectivity index (χ1) is 14.2. The molecule has 4 heteroatoms. The number of benzene rings is 2. The number of likely N-dealkylation sites (N-methyl/N-ethyl adjacent to an activating group) is 1. The first-order valence-corrected chi connectivity index (χ1v) is 10.9. The average molecular weight is 395 g/mol. The highest BCUT2D eigenvalue weighted by Gasteiger charge is 2.41. The lowest BCUT2D eigenvalue weighted by Gasteiger charge is -2.37. The Labute approximate surface area is 175 Å². The minimum atomic E-state index is -0.486. The van der Waals surface area contributed by atoms with Crippen molar-refractivity contribution in [2.75, 3.05) is 32.8 Å². The number of carbonyl (C=O) groups excluding carboxylic acids is 1. The fourth-order valence-electron chi connectivity index (χ4n) is 4.46. The van der Waals surface area contributed by atoms with Gasteiger partial charge in [-0.1, -0.05) is 74.5 Å². The summed E-state index contributed by atoms with van der Waals surface area (Å²) in [5.74, 6) is 0.136. The molecule has 1 saturated heterocycles. The van der Waals surface area contributed by atoms with Gasteiger partial charge in [-0.15, -0.1) is 0 Å². The van der Waals surface area contributed by atoms with E-state index < -0.39 is 5.41 Å². The van der Waals surface area contributed by atoms with Crippen molar-refractivity contribution in [1.29, 1.82) is 0 Å². The highest BCUT2D eigenvalue weighted by molar-refractivity contribution is 5.88. The Kier molecular flexibility index (Phi) is 7.84. The smallest absolute Gasteiger partial charge is 0.230 e. The van der Waals surface area contributed by atoms with Crippen molar-refractivity contribution < 1.29 is 9.53 Å². The van der Waals surface area contributed by atoms with Crippen LogP contribution < -0.4 is 5.32 Å². The van der Waals surface area contributed by atoms with Crippen LogP contribution >= 0.6 is 0 Å². The molecule has 1 N–H and O–H groups in total. The maximum Gasteiger partial charge on any atom is 0.230 e. The van der Waals surface area contributed by atoms with Crippen LogP contribution in [0.5, 0.6) is 0 Å². The Morgan fingerprint density at radius 1 is 1.00 bits per heavy atom. The molecule has 0 aromatic heterocycles. The molecule has 0 saturated carbocycles. The first-order valence-electron chi connectivity index (χ1n) is 10.9. The third-order valence-electron chi connectivity index (χ3n) is 6.25. The molecule has 1 aliphatic heterocycles. The van der Waals surface area contributed by atoms with Gasteiger partial charge in [-0.2, -0.15) is 0 Å². The van der Waals surface area contributed by atoms with Crippen molar-refractivity contribution in [3.63, 3.8) is 0 Å². The summed E-state index contributed by atoms with van der Waals surface area (Å²) < 4.78 is 5.59. The quantitative estimate of drug-likeness (QED) is 0.703. The molecule has 0 radical (unpaired) electrons. The second kappa shape index (κ2) is 10.6. The predicted octanol–water partition coefficient (Wildman–Crippen LogP) is 3.80. The van der Waals surface area contributed by atoms with Crippen LogP contribution in [0.4, 0.5) is 0 Å². The van der Waals surface area contributed by atoms with E-state index in [4.69, 9.17) is 4.74 Å². The molecule has 0 spiro atoms. The number of nitrogens with zero attached hydrogens (tertiary/aromatic N) is 1. The van der Waals surface area contributed by atoms with Crippen LogP contribution in [0.3, 0.4) is 0 Å². The first kappa shape index (κ1) is 21.5. The van der Waals surface area contributed by atoms with E-state index in [-0.39, 0.29) is 11.9 Å². The molecular weight excluding hydrogens is 360 g/mol. The molecule has 2 aromatic carbocycles. The Hall–Kier alpha value is -2.17. The summed E-state index contributed by atoms with van der Waals surface area (Å²) in [7, 11) is 0. The molecule has 0 bridgehead atoms. The Bertz CT molecular complexity index is 738. The van der Waals surface area contributed by atoms with Crippen molar-refractivity contribution in [3.05, 3.63) is 71.8 Å². The van der Waals surface area contributed by atoms with Crippen LogP contribution in [0.25, 0.3) is 0 Å². The van der Waals surface area contributed by atoms with Gasteiger partial charge in [0, 0.05) is 25.8 Å². The maximum atomic E-state index is 13.5. The number of ether oxygens (including phenoxy) is 1. The molecule has 4 nitrogen and oxygen atoms in total. The zero-order chi connectivity index (χ0) is 20.5. The van der Waals surface area contributed by atoms with Crippen molar-refractivity contribution in [3.8, 4) is 0 Å². The summed E-state index contributed by atoms with van der Waals surface area (Å²) in [6.07, 6.45) is 2.40. The van der Waals surface area contributed by atoms with Gasteiger partial charge in [0.05, 0.1) is 5.41 Å². The summed E-state index contributed by atoms with van der Waals surface area (Å²) in [4.78, 5) is 15.9. The fourth-order valence-corrected chi connectivity index (χ4v) is 4.46. The Morgan fingerprint density at radius 3 is 2.17 bits per heavy atom. The van der Waals surface area contributed by atoms with E-state index in [1.54, 1.807) is 0 Å². The highest BCUT2D eigenvalue weighted by atomic mass is 16.5. The summed E-state index contributed by atoms with van der Waals surface area (Å²) in [5, 5.41) is 3.32. The van der Waals surface area contributed by atoms with Crippen LogP contribution in [-0.4, -0.2) is 49.7 Å². The summed E-state index contributed by atoms with van der Waals surface area (Å²) in [6.45, 7) is 8.24. The normalized spacial score (nSPS) is 17.1. The number of hydrogen-bond donors (Lipinski definition) is 1. The Balaban J connectivity index is 1.75. The van der Waals surface area contributed by atoms with Gasteiger partial charge < -0.3 is 10.1 Å². The molecule has 1 fully saturated rings. The van der Waals surface area contributed by atoms with Gasteiger partial charge in [0.2, 0.25) is 5.91 Å². The van der Waals surface area contributed by atoms with Gasteiger partial charge in [-0.25, -0.2) is 0 Å². The second-order valence-electron chi connectivity index (χ2n) is 7.84. The molecule has 2 aromatic rings. The van der Waals surface area contributed by atoms with E-state index in [2.05, 4.69) is 60.5 Å². The molecule has 1 heterocycles. The van der Waals surface area contributed by atoms with Gasteiger partial charge in [0.1, 0.15) is 0 Å². The van der Waals surface area contributed by atoms with Gasteiger partial charge in [-0.05, 0) is 43.5 Å². The van der Waals surface area contributed by atoms with Crippen molar-refractivity contribution in [2.45, 2.75) is 44.6 Å². The van der Waals surface area contributed by atoms with Crippen molar-refractivity contribution >= 4 is 5.91 Å². The lowest BCUT2D eigenvalue weighted by molar-refractivity contribution is -0.130. The van der Waals surface area contributed by atoms with Gasteiger partial charge in [0.25, 0.3) is 0 Å². The van der Waals surface area contributed by atoms with E-state index in [0.29, 0.717) is 19.8 Å². The molecular formula is C25H34N2O2. The molecule has 3 rings (SSSR count). The van der Waals surface area contributed by atoms with E-state index in [1.807, 2.05) is 24.3 Å². The largest absolute Gasteiger partial charge is 0.381 e. The minimum Gasteiger partial charge on any atom is -0.381 e. The van der Waals surface area contributed by atoms with Gasteiger partial charge in [0.15, 0.2) is 0 Å². The van der Waals surface area contributed by atoms with E-state index in [1.165, 1.54) is 5.56 Å². The van der Waals surface area contributed by atoms with Crippen LogP contribution in [0.15, 0.2) is 60.7 Å². The molecule has 1 unspecified atom stereocenters. The maximum absolute atomic E-state index is 13.5. The predicted molar refractivity (Wildman–Crippen MR) is 118 cm³/mol. The molecule has 1 atom stereocenters. The third kappa shape index (κ3) is 5.26. The van der Waals surface area contributed by atoms with Crippen LogP contribution in [0.1, 0.15) is 37.8 Å². The number of nitrogens with one attached hydrogen (secondary N) is 1. The zero-order valence-corrected chi connectivity index (χ0v) is 17.8. The number of hydrogen-bond acceptors (Lipinski definition) is 3. The Morgan fingerprint density at radius 2 is 1.59 bits per heavy atom. The summed E-state index contributed by atoms with van der Waals surface area (Å²) in [5.41, 5.74) is 1.92. The van der Waals surface area contributed by atoms with Gasteiger partial charge in [-0.3, -0.25) is 9.69 Å². The van der Waals surface area contributed by atoms with Gasteiger partial charge >= 0.3 is 0 Å². The molecule has 156 valence electrons. The van der Waals surface area contributed by atoms with Crippen LogP contribution in [0.2, 0.25) is 0 Å². The average Bonchev–Trinajstić information content (AvgIpc) is 2.79. The molecule has 1 aliphatic rings. The van der Waals surface area contributed by atoms with Crippen molar-refractivity contribution in [2.24, 2.45) is 0 Å². The third-order valence-corrected chi connectivity index (χ3v) is 6.25. The monoisotopic (exact) mass is 394 g/mol. The van der Waals surface area contributed by atoms with E-state index >= 15 is 0 Å². The molecule has 29 heavy (non-hydrogen) atoms. The zero-order valence-electron chi connectivity index (χ0n) is 17.8. The van der Waals surface area contributed by atoms with E-state index in [9.17, 15) is 4.79 Å². The lowest BCUT2D eigenvalue weighted by atomic mass is 9.73. The molecule has 1 amide bonds. The van der Waals surface area contributed by atoms with Crippen LogP contribution in [-0.2, 0) is 21.4 Å². The fraction of sp³-hybridized carbons (Fsp3) is 0.480. The SMILES string of the molecule is CCN(CC)C(CNC(=O)C1(c2ccccc2)CCOCC1)Cc1ccccc1. The van der Waals surface area contributed by atoms with Crippen molar-refractivity contribution in [1.82, 2.24) is 10.2 Å². The number of amides is 1. The number of rotatable bonds is 9. The van der Waals surface area contributed by atoms with Crippen LogP contribution in [0, 0.1) is 0 Å². The standard InChI is InChI=1S/C25H34N2O2/c1-3-27(4-2)23(19-21-11-7-5-8-12-21)20-26-24(28)25(15-17-29-18-16-25)22-13-9-6-10-14-22/h5-14,23H,3-4,15-20H2,1-2H3,(H,26,28). The summed E-state index contributed by atoms with van der Waals surface area (Å²) in [6, 6.07) is 21.0. The number of carbonyl (C=O) groups is 1. The second-order valence-corrected chi connectivity index (χ2v) is 7.84. The lowest BCUT2D eigenvalue weighted by Crippen LogP contribution is -2.52. The van der Waals surface area contributed by atoms with E-state index in [0.717, 1.165) is 37.9 Å². The topological polar surface area (TPSA) is 41.6 Å². The molecule has 0 aliphatic carbocycles. The minimum absolute atomic E-state index is 0.136. The summed E-state index contributed by atoms with van der Waals surface area (Å²) >= 11 is 0. The highest BCUT2D eigenvalue weighted by Crippen LogP contribution is 2.35.